The molecule has 0 bridgehead atoms. The molecule has 0 aliphatic heterocycles. The Kier molecular flexibility index (Phi) is 2.44. The Hall–Kier alpha value is -0.0800. The van der Waals surface area contributed by atoms with Gasteiger partial charge in [-0.25, -0.2) is 0 Å². The highest BCUT2D eigenvalue weighted by Gasteiger charge is 2.60. The van der Waals surface area contributed by atoms with Crippen LogP contribution in [0.1, 0.15) is 47.0 Å². The average Bonchev–Trinajstić information content (AvgIpc) is 2.51. The van der Waals surface area contributed by atoms with Crippen molar-refractivity contribution in [3.63, 3.8) is 0 Å². The van der Waals surface area contributed by atoms with E-state index in [2.05, 4.69) is 13.8 Å². The maximum Gasteiger partial charge on any atom is 0.0626 e. The second-order valence-electron chi connectivity index (χ2n) is 6.50. The van der Waals surface area contributed by atoms with E-state index in [9.17, 15) is 10.2 Å². The zero-order chi connectivity index (χ0) is 11.4. The summed E-state index contributed by atoms with van der Waals surface area (Å²) in [5.74, 6) is 1.25. The van der Waals surface area contributed by atoms with Crippen molar-refractivity contribution in [2.45, 2.75) is 58.7 Å². The topological polar surface area (TPSA) is 40.5 Å². The molecule has 0 aromatic rings. The number of aliphatic hydroxyl groups excluding tert-OH is 1. The molecule has 2 aliphatic rings. The van der Waals surface area contributed by atoms with Crippen molar-refractivity contribution in [3.05, 3.63) is 0 Å². The third-order valence-corrected chi connectivity index (χ3v) is 5.12. The summed E-state index contributed by atoms with van der Waals surface area (Å²) < 4.78 is 0. The van der Waals surface area contributed by atoms with Gasteiger partial charge in [-0.05, 0) is 50.9 Å². The van der Waals surface area contributed by atoms with Crippen molar-refractivity contribution >= 4 is 0 Å². The molecule has 2 fully saturated rings. The van der Waals surface area contributed by atoms with Crippen molar-refractivity contribution in [1.29, 1.82) is 0 Å². The van der Waals surface area contributed by atoms with Gasteiger partial charge in [0.25, 0.3) is 0 Å². The zero-order valence-electron chi connectivity index (χ0n) is 10.3. The summed E-state index contributed by atoms with van der Waals surface area (Å²) in [4.78, 5) is 0. The first kappa shape index (κ1) is 11.4. The quantitative estimate of drug-likeness (QED) is 0.699. The van der Waals surface area contributed by atoms with E-state index in [1.165, 1.54) is 6.42 Å². The largest absolute Gasteiger partial charge is 0.392 e. The molecule has 0 aromatic heterocycles. The van der Waals surface area contributed by atoms with Gasteiger partial charge in [0.05, 0.1) is 11.7 Å². The van der Waals surface area contributed by atoms with Gasteiger partial charge in [-0.2, -0.15) is 0 Å². The highest BCUT2D eigenvalue weighted by Crippen LogP contribution is 2.61. The summed E-state index contributed by atoms with van der Waals surface area (Å²) in [5, 5.41) is 20.6. The van der Waals surface area contributed by atoms with Crippen LogP contribution in [-0.4, -0.2) is 21.9 Å². The Morgan fingerprint density at radius 1 is 1.27 bits per heavy atom. The first-order valence-corrected chi connectivity index (χ1v) is 6.18. The molecule has 0 unspecified atom stereocenters. The fraction of sp³-hybridized carbons (Fsp3) is 1.00. The highest BCUT2D eigenvalue weighted by atomic mass is 16.3. The van der Waals surface area contributed by atoms with Gasteiger partial charge in [-0.3, -0.25) is 0 Å². The van der Waals surface area contributed by atoms with Crippen LogP contribution in [0.25, 0.3) is 0 Å². The smallest absolute Gasteiger partial charge is 0.0626 e. The predicted molar refractivity (Wildman–Crippen MR) is 60.4 cm³/mol. The molecule has 2 aliphatic carbocycles. The minimum absolute atomic E-state index is 0.0579. The van der Waals surface area contributed by atoms with Crippen LogP contribution in [0.3, 0.4) is 0 Å². The number of rotatable bonds is 1. The molecule has 2 heteroatoms. The lowest BCUT2D eigenvalue weighted by Gasteiger charge is -2.42. The van der Waals surface area contributed by atoms with Gasteiger partial charge in [0.2, 0.25) is 0 Å². The molecule has 2 saturated carbocycles. The Labute approximate surface area is 92.7 Å². The normalized spacial score (nSPS) is 50.8. The minimum Gasteiger partial charge on any atom is -0.392 e. The van der Waals surface area contributed by atoms with Crippen LogP contribution in [-0.2, 0) is 0 Å². The molecule has 0 heterocycles. The van der Waals surface area contributed by atoms with Gasteiger partial charge in [0.15, 0.2) is 0 Å². The van der Waals surface area contributed by atoms with Gasteiger partial charge >= 0.3 is 0 Å². The summed E-state index contributed by atoms with van der Waals surface area (Å²) >= 11 is 0. The van der Waals surface area contributed by atoms with Crippen LogP contribution >= 0.6 is 0 Å². The number of hydrogen-bond acceptors (Lipinski definition) is 2. The van der Waals surface area contributed by atoms with Crippen molar-refractivity contribution in [1.82, 2.24) is 0 Å². The van der Waals surface area contributed by atoms with Gasteiger partial charge in [0.1, 0.15) is 0 Å². The minimum atomic E-state index is -0.658. The molecule has 0 saturated heterocycles. The number of fused-ring (bicyclic) bond motifs is 1. The van der Waals surface area contributed by atoms with E-state index in [0.29, 0.717) is 11.8 Å². The molecule has 0 amide bonds. The van der Waals surface area contributed by atoms with E-state index in [1.54, 1.807) is 0 Å². The van der Waals surface area contributed by atoms with Crippen LogP contribution in [0.15, 0.2) is 0 Å². The molecule has 2 rings (SSSR count). The summed E-state index contributed by atoms with van der Waals surface area (Å²) in [5.41, 5.74) is -0.716. The van der Waals surface area contributed by atoms with E-state index in [0.717, 1.165) is 12.8 Å². The molecule has 5 atom stereocenters. The lowest BCUT2D eigenvalue weighted by atomic mass is 9.67. The van der Waals surface area contributed by atoms with Crippen molar-refractivity contribution in [3.8, 4) is 0 Å². The van der Waals surface area contributed by atoms with E-state index in [4.69, 9.17) is 0 Å². The van der Waals surface area contributed by atoms with E-state index in [1.807, 2.05) is 13.8 Å². The molecule has 0 aromatic carbocycles. The van der Waals surface area contributed by atoms with Crippen LogP contribution in [0.5, 0.6) is 0 Å². The molecule has 15 heavy (non-hydrogen) atoms. The fourth-order valence-electron chi connectivity index (χ4n) is 4.40. The van der Waals surface area contributed by atoms with Crippen molar-refractivity contribution in [2.24, 2.45) is 23.2 Å². The predicted octanol–water partition coefficient (Wildman–Crippen LogP) is 2.19. The van der Waals surface area contributed by atoms with E-state index >= 15 is 0 Å². The summed E-state index contributed by atoms with van der Waals surface area (Å²) in [7, 11) is 0. The number of hydrogen-bond donors (Lipinski definition) is 2. The fourth-order valence-corrected chi connectivity index (χ4v) is 4.40. The highest BCUT2D eigenvalue weighted by molar-refractivity contribution is 5.09. The van der Waals surface area contributed by atoms with Crippen molar-refractivity contribution in [2.75, 3.05) is 0 Å². The SMILES string of the molecule is C[C@H]1C[C@H]2CC[C@@H](C(C)(C)O)[C@@]2(C)[C@H]1O. The lowest BCUT2D eigenvalue weighted by Crippen LogP contribution is -2.46. The first-order valence-electron chi connectivity index (χ1n) is 6.18. The molecule has 0 spiro atoms. The third kappa shape index (κ3) is 1.45. The standard InChI is InChI=1S/C13H24O2/c1-8-7-9-5-6-10(12(2,3)15)13(9,4)11(8)14/h8-11,14-15H,5-7H2,1-4H3/t8-,9+,10-,11-,13-/m0/s1. The van der Waals surface area contributed by atoms with Crippen LogP contribution in [0, 0.1) is 23.2 Å². The second kappa shape index (κ2) is 3.21. The van der Waals surface area contributed by atoms with Crippen LogP contribution in [0.4, 0.5) is 0 Å². The van der Waals surface area contributed by atoms with E-state index < -0.39 is 5.60 Å². The lowest BCUT2D eigenvalue weighted by molar-refractivity contribution is -0.0842. The molecule has 88 valence electrons. The average molecular weight is 212 g/mol. The van der Waals surface area contributed by atoms with Crippen LogP contribution < -0.4 is 0 Å². The van der Waals surface area contributed by atoms with Gasteiger partial charge in [-0.1, -0.05) is 13.8 Å². The van der Waals surface area contributed by atoms with Gasteiger partial charge < -0.3 is 10.2 Å². The summed E-state index contributed by atoms with van der Waals surface area (Å²) in [6.45, 7) is 8.10. The monoisotopic (exact) mass is 212 g/mol. The molecule has 2 N–H and O–H groups in total. The first-order chi connectivity index (χ1) is 6.78. The number of aliphatic hydroxyl groups is 2. The summed E-state index contributed by atoms with van der Waals surface area (Å²) in [6.07, 6.45) is 3.13. The van der Waals surface area contributed by atoms with Gasteiger partial charge in [0, 0.05) is 5.41 Å². The maximum absolute atomic E-state index is 10.3. The third-order valence-electron chi connectivity index (χ3n) is 5.12. The second-order valence-corrected chi connectivity index (χ2v) is 6.50. The van der Waals surface area contributed by atoms with Gasteiger partial charge in [-0.15, -0.1) is 0 Å². The Bertz CT molecular complexity index is 252. The molecule has 2 nitrogen and oxygen atoms in total. The van der Waals surface area contributed by atoms with Crippen LogP contribution in [0.2, 0.25) is 0 Å². The Morgan fingerprint density at radius 3 is 2.40 bits per heavy atom. The Balaban J connectivity index is 2.32. The maximum atomic E-state index is 10.3. The zero-order valence-corrected chi connectivity index (χ0v) is 10.3. The summed E-state index contributed by atoms with van der Waals surface area (Å²) in [6, 6.07) is 0. The van der Waals surface area contributed by atoms with Crippen molar-refractivity contribution < 1.29 is 10.2 Å². The molecule has 0 radical (unpaired) electrons. The molecular formula is C13H24O2. The van der Waals surface area contributed by atoms with E-state index in [-0.39, 0.29) is 17.4 Å². The Morgan fingerprint density at radius 2 is 1.87 bits per heavy atom. The molecular weight excluding hydrogens is 188 g/mol.